The van der Waals surface area contributed by atoms with E-state index in [1.165, 1.54) is 10.7 Å². The van der Waals surface area contributed by atoms with Gasteiger partial charge < -0.3 is 15.0 Å². The van der Waals surface area contributed by atoms with Gasteiger partial charge in [0, 0.05) is 32.0 Å². The van der Waals surface area contributed by atoms with Gasteiger partial charge in [0.25, 0.3) is 0 Å². The van der Waals surface area contributed by atoms with E-state index in [9.17, 15) is 9.18 Å². The van der Waals surface area contributed by atoms with Gasteiger partial charge >= 0.3 is 6.03 Å². The summed E-state index contributed by atoms with van der Waals surface area (Å²) in [7, 11) is 1.71. The zero-order valence-corrected chi connectivity index (χ0v) is 14.2. The Morgan fingerprint density at radius 2 is 2.21 bits per heavy atom. The molecule has 1 aromatic heterocycles. The number of aromatic nitrogens is 2. The Bertz CT molecular complexity index is 674. The van der Waals surface area contributed by atoms with Gasteiger partial charge in [-0.1, -0.05) is 12.1 Å². The smallest absolute Gasteiger partial charge is 0.317 e. The second kappa shape index (κ2) is 8.44. The lowest BCUT2D eigenvalue weighted by molar-refractivity contribution is 0.125. The molecule has 0 spiro atoms. The van der Waals surface area contributed by atoms with Crippen molar-refractivity contribution in [3.05, 3.63) is 48.0 Å². The van der Waals surface area contributed by atoms with Crippen LogP contribution in [0.4, 0.5) is 9.18 Å². The van der Waals surface area contributed by atoms with Crippen LogP contribution in [0.15, 0.2) is 36.7 Å². The number of carbonyl (C=O) groups excluding carboxylic acids is 1. The number of para-hydroxylation sites is 1. The van der Waals surface area contributed by atoms with Gasteiger partial charge in [-0.3, -0.25) is 0 Å². The molecule has 0 aliphatic heterocycles. The standard InChI is InChI=1S/C17H23FN4O2/c1-4-24-10-9-21(3)17(23)20-13(2)14-11-19-22(12-14)16-8-6-5-7-15(16)18/h5-8,11-13H,4,9-10H2,1-3H3,(H,20,23)/t13-/m1/s1. The zero-order valence-electron chi connectivity index (χ0n) is 14.2. The van der Waals surface area contributed by atoms with Crippen LogP contribution in [0.3, 0.4) is 0 Å². The maximum atomic E-state index is 13.8. The molecule has 0 aliphatic carbocycles. The van der Waals surface area contributed by atoms with Gasteiger partial charge in [-0.05, 0) is 26.0 Å². The number of hydrogen-bond acceptors (Lipinski definition) is 3. The fourth-order valence-corrected chi connectivity index (χ4v) is 2.16. The first-order valence-electron chi connectivity index (χ1n) is 7.91. The first-order chi connectivity index (χ1) is 11.5. The lowest BCUT2D eigenvalue weighted by Gasteiger charge is -2.20. The van der Waals surface area contributed by atoms with Crippen LogP contribution in [-0.4, -0.2) is 47.5 Å². The minimum Gasteiger partial charge on any atom is -0.380 e. The third-order valence-electron chi connectivity index (χ3n) is 3.66. The van der Waals surface area contributed by atoms with E-state index in [-0.39, 0.29) is 17.9 Å². The molecule has 6 nitrogen and oxygen atoms in total. The van der Waals surface area contributed by atoms with Gasteiger partial charge in [-0.25, -0.2) is 13.9 Å². The number of carbonyl (C=O) groups is 1. The number of likely N-dealkylation sites (N-methyl/N-ethyl adjacent to an activating group) is 1. The Hall–Kier alpha value is -2.41. The predicted octanol–water partition coefficient (Wildman–Crippen LogP) is 2.75. The summed E-state index contributed by atoms with van der Waals surface area (Å²) in [5.74, 6) is -0.348. The number of hydrogen-bond donors (Lipinski definition) is 1. The molecule has 2 aromatic rings. The summed E-state index contributed by atoms with van der Waals surface area (Å²) >= 11 is 0. The summed E-state index contributed by atoms with van der Waals surface area (Å²) < 4.78 is 20.5. The van der Waals surface area contributed by atoms with Crippen molar-refractivity contribution < 1.29 is 13.9 Å². The van der Waals surface area contributed by atoms with Gasteiger partial charge in [0.05, 0.1) is 18.8 Å². The summed E-state index contributed by atoms with van der Waals surface area (Å²) in [5.41, 5.74) is 1.17. The summed E-state index contributed by atoms with van der Waals surface area (Å²) in [6.07, 6.45) is 3.33. The van der Waals surface area contributed by atoms with Crippen LogP contribution in [-0.2, 0) is 4.74 Å². The molecule has 7 heteroatoms. The molecular weight excluding hydrogens is 311 g/mol. The molecule has 0 radical (unpaired) electrons. The van der Waals surface area contributed by atoms with Gasteiger partial charge in [-0.15, -0.1) is 0 Å². The molecular formula is C17H23FN4O2. The fraction of sp³-hybridized carbons (Fsp3) is 0.412. The summed E-state index contributed by atoms with van der Waals surface area (Å²) in [6, 6.07) is 5.97. The first kappa shape index (κ1) is 17.9. The van der Waals surface area contributed by atoms with Crippen LogP contribution >= 0.6 is 0 Å². The molecule has 0 saturated heterocycles. The first-order valence-corrected chi connectivity index (χ1v) is 7.91. The van der Waals surface area contributed by atoms with E-state index in [4.69, 9.17) is 4.74 Å². The summed E-state index contributed by atoms with van der Waals surface area (Å²) in [4.78, 5) is 13.7. The highest BCUT2D eigenvalue weighted by molar-refractivity contribution is 5.74. The number of ether oxygens (including phenoxy) is 1. The number of benzene rings is 1. The number of urea groups is 1. The Morgan fingerprint density at radius 1 is 1.46 bits per heavy atom. The van der Waals surface area contributed by atoms with Crippen molar-refractivity contribution in [3.63, 3.8) is 0 Å². The fourth-order valence-electron chi connectivity index (χ4n) is 2.16. The number of halogens is 1. The van der Waals surface area contributed by atoms with E-state index in [0.717, 1.165) is 5.56 Å². The largest absolute Gasteiger partial charge is 0.380 e. The molecule has 0 aliphatic rings. The average Bonchev–Trinajstić information content (AvgIpc) is 3.05. The second-order valence-corrected chi connectivity index (χ2v) is 5.46. The number of rotatable bonds is 7. The Labute approximate surface area is 141 Å². The van der Waals surface area contributed by atoms with Crippen LogP contribution in [0.5, 0.6) is 0 Å². The van der Waals surface area contributed by atoms with Crippen molar-refractivity contribution in [1.29, 1.82) is 0 Å². The van der Waals surface area contributed by atoms with Gasteiger partial charge in [0.2, 0.25) is 0 Å². The molecule has 1 aromatic carbocycles. The van der Waals surface area contributed by atoms with E-state index in [1.54, 1.807) is 42.5 Å². The number of amides is 2. The lowest BCUT2D eigenvalue weighted by Crippen LogP contribution is -2.40. The molecule has 24 heavy (non-hydrogen) atoms. The average molecular weight is 334 g/mol. The molecule has 2 rings (SSSR count). The topological polar surface area (TPSA) is 59.4 Å². The van der Waals surface area contributed by atoms with Crippen molar-refractivity contribution in [1.82, 2.24) is 20.0 Å². The Morgan fingerprint density at radius 3 is 2.92 bits per heavy atom. The van der Waals surface area contributed by atoms with Crippen LogP contribution in [0, 0.1) is 5.82 Å². The Kier molecular flexibility index (Phi) is 6.31. The monoisotopic (exact) mass is 334 g/mol. The summed E-state index contributed by atoms with van der Waals surface area (Å²) in [6.45, 7) is 5.41. The van der Waals surface area contributed by atoms with E-state index in [2.05, 4.69) is 10.4 Å². The van der Waals surface area contributed by atoms with Crippen LogP contribution in [0.2, 0.25) is 0 Å². The van der Waals surface area contributed by atoms with Gasteiger partial charge in [0.1, 0.15) is 11.5 Å². The van der Waals surface area contributed by atoms with Crippen molar-refractivity contribution >= 4 is 6.03 Å². The molecule has 1 heterocycles. The highest BCUT2D eigenvalue weighted by Crippen LogP contribution is 2.16. The third kappa shape index (κ3) is 4.55. The molecule has 0 bridgehead atoms. The van der Waals surface area contributed by atoms with Crippen LogP contribution in [0.25, 0.3) is 5.69 Å². The maximum absolute atomic E-state index is 13.8. The van der Waals surface area contributed by atoms with Gasteiger partial charge in [0.15, 0.2) is 0 Å². The van der Waals surface area contributed by atoms with Crippen LogP contribution in [0.1, 0.15) is 25.5 Å². The SMILES string of the molecule is CCOCCN(C)C(=O)N[C@H](C)c1cnn(-c2ccccc2F)c1. The Balaban J connectivity index is 1.97. The number of nitrogens with zero attached hydrogens (tertiary/aromatic N) is 3. The molecule has 0 unspecified atom stereocenters. The maximum Gasteiger partial charge on any atom is 0.317 e. The molecule has 0 fully saturated rings. The molecule has 2 amide bonds. The highest BCUT2D eigenvalue weighted by Gasteiger charge is 2.15. The van der Waals surface area contributed by atoms with E-state index >= 15 is 0 Å². The van der Waals surface area contributed by atoms with Crippen molar-refractivity contribution in [2.75, 3.05) is 26.8 Å². The summed E-state index contributed by atoms with van der Waals surface area (Å²) in [5, 5.41) is 7.06. The minimum atomic E-state index is -0.348. The lowest BCUT2D eigenvalue weighted by atomic mass is 10.2. The second-order valence-electron chi connectivity index (χ2n) is 5.46. The van der Waals surface area contributed by atoms with E-state index < -0.39 is 0 Å². The number of nitrogens with one attached hydrogen (secondary N) is 1. The van der Waals surface area contributed by atoms with Crippen molar-refractivity contribution in [3.8, 4) is 5.69 Å². The van der Waals surface area contributed by atoms with Crippen molar-refractivity contribution in [2.24, 2.45) is 0 Å². The minimum absolute atomic E-state index is 0.194. The molecule has 1 atom stereocenters. The van der Waals surface area contributed by atoms with E-state index in [1.807, 2.05) is 13.8 Å². The van der Waals surface area contributed by atoms with E-state index in [0.29, 0.717) is 25.4 Å². The molecule has 0 saturated carbocycles. The molecule has 1 N–H and O–H groups in total. The van der Waals surface area contributed by atoms with Crippen LogP contribution < -0.4 is 5.32 Å². The van der Waals surface area contributed by atoms with Gasteiger partial charge in [-0.2, -0.15) is 5.10 Å². The quantitative estimate of drug-likeness (QED) is 0.792. The predicted molar refractivity (Wildman–Crippen MR) is 89.6 cm³/mol. The molecule has 130 valence electrons. The normalized spacial score (nSPS) is 12.0. The van der Waals surface area contributed by atoms with Crippen molar-refractivity contribution in [2.45, 2.75) is 19.9 Å². The highest BCUT2D eigenvalue weighted by atomic mass is 19.1. The third-order valence-corrected chi connectivity index (χ3v) is 3.66. The zero-order chi connectivity index (χ0) is 17.5.